The maximum absolute atomic E-state index is 11.1. The van der Waals surface area contributed by atoms with E-state index in [-0.39, 0.29) is 5.69 Å². The summed E-state index contributed by atoms with van der Waals surface area (Å²) in [5.41, 5.74) is 2.41. The van der Waals surface area contributed by atoms with Gasteiger partial charge in [0.2, 0.25) is 0 Å². The molecule has 0 atom stereocenters. The van der Waals surface area contributed by atoms with Crippen LogP contribution in [0.3, 0.4) is 0 Å². The third-order valence-corrected chi connectivity index (χ3v) is 3.19. The number of aryl methyl sites for hydroxylation is 1. The van der Waals surface area contributed by atoms with Gasteiger partial charge in [-0.15, -0.1) is 10.2 Å². The molecule has 0 radical (unpaired) electrons. The van der Waals surface area contributed by atoms with Crippen molar-refractivity contribution in [1.82, 2.24) is 19.8 Å². The molecule has 0 spiro atoms. The van der Waals surface area contributed by atoms with Crippen LogP contribution in [0.15, 0.2) is 30.3 Å². The van der Waals surface area contributed by atoms with E-state index in [1.165, 1.54) is 4.52 Å². The van der Waals surface area contributed by atoms with E-state index in [9.17, 15) is 4.79 Å². The fourth-order valence-electron chi connectivity index (χ4n) is 2.06. The lowest BCUT2D eigenvalue weighted by Gasteiger charge is -2.01. The first-order chi connectivity index (χ1) is 10.1. The Morgan fingerprint density at radius 3 is 2.57 bits per heavy atom. The smallest absolute Gasteiger partial charge is 0.358 e. The topological polar surface area (TPSA) is 89.6 Å². The van der Waals surface area contributed by atoms with Crippen LogP contribution in [0, 0.1) is 6.92 Å². The highest BCUT2D eigenvalue weighted by atomic mass is 16.5. The fourth-order valence-corrected chi connectivity index (χ4v) is 2.06. The van der Waals surface area contributed by atoms with Gasteiger partial charge in [-0.25, -0.2) is 9.31 Å². The summed E-state index contributed by atoms with van der Waals surface area (Å²) >= 11 is 0. The second kappa shape index (κ2) is 4.86. The first-order valence-corrected chi connectivity index (χ1v) is 6.21. The number of aromatic nitrogens is 4. The largest absolute Gasteiger partial charge is 0.497 e. The van der Waals surface area contributed by atoms with E-state index in [4.69, 9.17) is 9.84 Å². The lowest BCUT2D eigenvalue weighted by molar-refractivity contribution is 0.0687. The van der Waals surface area contributed by atoms with Crippen molar-refractivity contribution < 1.29 is 14.6 Å². The molecule has 7 nitrogen and oxygen atoms in total. The Hall–Kier alpha value is -2.96. The predicted molar refractivity (Wildman–Crippen MR) is 74.5 cm³/mol. The molecule has 0 saturated heterocycles. The molecule has 1 N–H and O–H groups in total. The van der Waals surface area contributed by atoms with Gasteiger partial charge in [0.25, 0.3) is 0 Å². The van der Waals surface area contributed by atoms with E-state index in [0.29, 0.717) is 17.0 Å². The van der Waals surface area contributed by atoms with Crippen molar-refractivity contribution in [2.45, 2.75) is 6.92 Å². The van der Waals surface area contributed by atoms with Crippen LogP contribution in [0.2, 0.25) is 0 Å². The molecule has 0 unspecified atom stereocenters. The number of benzene rings is 1. The summed E-state index contributed by atoms with van der Waals surface area (Å²) in [5, 5.41) is 21.0. The van der Waals surface area contributed by atoms with Gasteiger partial charge in [0.1, 0.15) is 5.75 Å². The third-order valence-electron chi connectivity index (χ3n) is 3.19. The van der Waals surface area contributed by atoms with Gasteiger partial charge in [0.05, 0.1) is 18.5 Å². The number of carboxylic acid groups (broad SMARTS) is 1. The fraction of sp³-hybridized carbons (Fsp3) is 0.143. The van der Waals surface area contributed by atoms with Crippen molar-refractivity contribution in [3.05, 3.63) is 41.7 Å². The molecule has 2 heterocycles. The molecule has 21 heavy (non-hydrogen) atoms. The Kier molecular flexibility index (Phi) is 3.02. The van der Waals surface area contributed by atoms with Crippen molar-refractivity contribution in [3.63, 3.8) is 0 Å². The lowest BCUT2D eigenvalue weighted by atomic mass is 10.1. The summed E-state index contributed by atoms with van der Waals surface area (Å²) in [5.74, 6) is -0.366. The van der Waals surface area contributed by atoms with E-state index < -0.39 is 5.97 Å². The van der Waals surface area contributed by atoms with Gasteiger partial charge in [0, 0.05) is 11.6 Å². The molecule has 2 aromatic heterocycles. The summed E-state index contributed by atoms with van der Waals surface area (Å²) in [7, 11) is 1.60. The Labute approximate surface area is 119 Å². The molecular formula is C14H12N4O3. The maximum Gasteiger partial charge on any atom is 0.358 e. The zero-order chi connectivity index (χ0) is 15.0. The molecule has 0 aliphatic carbocycles. The number of nitrogens with zero attached hydrogens (tertiary/aromatic N) is 4. The van der Waals surface area contributed by atoms with E-state index in [2.05, 4.69) is 15.3 Å². The average Bonchev–Trinajstić information content (AvgIpc) is 2.92. The van der Waals surface area contributed by atoms with Crippen LogP contribution < -0.4 is 4.74 Å². The quantitative estimate of drug-likeness (QED) is 0.788. The summed E-state index contributed by atoms with van der Waals surface area (Å²) in [6.07, 6.45) is 0. The van der Waals surface area contributed by atoms with Gasteiger partial charge in [0.15, 0.2) is 11.3 Å². The lowest BCUT2D eigenvalue weighted by Crippen LogP contribution is -2.10. The number of methoxy groups -OCH3 is 1. The van der Waals surface area contributed by atoms with Crippen LogP contribution >= 0.6 is 0 Å². The molecule has 3 rings (SSSR count). The number of hydrogen-bond acceptors (Lipinski definition) is 5. The van der Waals surface area contributed by atoms with Crippen molar-refractivity contribution >= 4 is 11.6 Å². The molecule has 106 valence electrons. The predicted octanol–water partition coefficient (Wildman–Crippen LogP) is 1.81. The van der Waals surface area contributed by atoms with Crippen LogP contribution in [-0.4, -0.2) is 38.0 Å². The van der Waals surface area contributed by atoms with Crippen molar-refractivity contribution in [2.24, 2.45) is 0 Å². The van der Waals surface area contributed by atoms with Gasteiger partial charge in [-0.3, -0.25) is 0 Å². The van der Waals surface area contributed by atoms with E-state index in [1.807, 2.05) is 24.3 Å². The Balaban J connectivity index is 2.12. The summed E-state index contributed by atoms with van der Waals surface area (Å²) in [6, 6.07) is 9.18. The van der Waals surface area contributed by atoms with Gasteiger partial charge in [-0.1, -0.05) is 0 Å². The molecule has 0 fully saturated rings. The highest BCUT2D eigenvalue weighted by Gasteiger charge is 2.15. The first-order valence-electron chi connectivity index (χ1n) is 6.21. The highest BCUT2D eigenvalue weighted by molar-refractivity contribution is 5.86. The van der Waals surface area contributed by atoms with Crippen LogP contribution in [-0.2, 0) is 0 Å². The third kappa shape index (κ3) is 2.18. The van der Waals surface area contributed by atoms with Gasteiger partial charge < -0.3 is 9.84 Å². The number of aromatic carboxylic acids is 1. The number of hydrogen-bond donors (Lipinski definition) is 1. The average molecular weight is 284 g/mol. The SMILES string of the molecule is COc1ccc(-c2cc3nnc(C(=O)O)c(C)n3n2)cc1. The monoisotopic (exact) mass is 284 g/mol. The Morgan fingerprint density at radius 2 is 1.95 bits per heavy atom. The number of ether oxygens (including phenoxy) is 1. The Morgan fingerprint density at radius 1 is 1.24 bits per heavy atom. The minimum Gasteiger partial charge on any atom is -0.497 e. The first kappa shape index (κ1) is 13.0. The Bertz CT molecular complexity index is 824. The summed E-state index contributed by atoms with van der Waals surface area (Å²) in [6.45, 7) is 1.65. The van der Waals surface area contributed by atoms with Gasteiger partial charge in [-0.05, 0) is 31.2 Å². The molecule has 1 aromatic carbocycles. The van der Waals surface area contributed by atoms with E-state index in [1.54, 1.807) is 20.1 Å². The van der Waals surface area contributed by atoms with Crippen LogP contribution in [0.4, 0.5) is 0 Å². The van der Waals surface area contributed by atoms with Crippen molar-refractivity contribution in [1.29, 1.82) is 0 Å². The summed E-state index contributed by atoms with van der Waals surface area (Å²) < 4.78 is 6.59. The standard InChI is InChI=1S/C14H12N4O3/c1-8-13(14(19)20)16-15-12-7-11(17-18(8)12)9-3-5-10(21-2)6-4-9/h3-7H,1-2H3,(H,19,20). The van der Waals surface area contributed by atoms with E-state index in [0.717, 1.165) is 11.3 Å². The second-order valence-electron chi connectivity index (χ2n) is 4.47. The zero-order valence-corrected chi connectivity index (χ0v) is 11.4. The summed E-state index contributed by atoms with van der Waals surface area (Å²) in [4.78, 5) is 11.1. The minimum atomic E-state index is -1.12. The molecule has 0 saturated carbocycles. The number of fused-ring (bicyclic) bond motifs is 1. The molecule has 3 aromatic rings. The molecular weight excluding hydrogens is 272 g/mol. The normalized spacial score (nSPS) is 10.8. The van der Waals surface area contributed by atoms with Crippen molar-refractivity contribution in [3.8, 4) is 17.0 Å². The van der Waals surface area contributed by atoms with Crippen LogP contribution in [0.25, 0.3) is 16.9 Å². The molecule has 0 aliphatic rings. The van der Waals surface area contributed by atoms with Gasteiger partial charge >= 0.3 is 5.97 Å². The maximum atomic E-state index is 11.1. The molecule has 0 bridgehead atoms. The highest BCUT2D eigenvalue weighted by Crippen LogP contribution is 2.22. The molecule has 0 aliphatic heterocycles. The van der Waals surface area contributed by atoms with Crippen LogP contribution in [0.1, 0.15) is 16.2 Å². The minimum absolute atomic E-state index is 0.105. The number of rotatable bonds is 3. The number of carboxylic acids is 1. The zero-order valence-electron chi connectivity index (χ0n) is 11.4. The van der Waals surface area contributed by atoms with Gasteiger partial charge in [-0.2, -0.15) is 5.10 Å². The van der Waals surface area contributed by atoms with Crippen molar-refractivity contribution in [2.75, 3.05) is 7.11 Å². The number of carbonyl (C=O) groups is 1. The van der Waals surface area contributed by atoms with Crippen LogP contribution in [0.5, 0.6) is 5.75 Å². The molecule has 0 amide bonds. The molecule has 7 heteroatoms. The second-order valence-corrected chi connectivity index (χ2v) is 4.47. The van der Waals surface area contributed by atoms with E-state index >= 15 is 0 Å².